The lowest BCUT2D eigenvalue weighted by atomic mass is 10.1. The third-order valence-electron chi connectivity index (χ3n) is 6.03. The Kier molecular flexibility index (Phi) is 7.50. The fourth-order valence-corrected chi connectivity index (χ4v) is 4.67. The standard InChI is InChI=1S/C26H28Cl2N6S/c1-15-6-8-20(9-7-15)13-33-18(4)24(16(2)31-33)29-26(35)30-25-17(3)32-34(19(25)5)14-21-10-11-22(27)12-23(21)28/h6-12H,13-14H2,1-5H3,(H2,29,30,35). The molecule has 2 N–H and O–H groups in total. The van der Waals surface area contributed by atoms with E-state index in [0.717, 1.165) is 39.7 Å². The highest BCUT2D eigenvalue weighted by molar-refractivity contribution is 7.80. The zero-order chi connectivity index (χ0) is 25.3. The van der Waals surface area contributed by atoms with Crippen molar-refractivity contribution in [2.75, 3.05) is 10.6 Å². The summed E-state index contributed by atoms with van der Waals surface area (Å²) in [5, 5.41) is 17.8. The van der Waals surface area contributed by atoms with Gasteiger partial charge in [-0.1, -0.05) is 59.1 Å². The molecule has 0 spiro atoms. The Bertz CT molecular complexity index is 1390. The smallest absolute Gasteiger partial charge is 0.175 e. The van der Waals surface area contributed by atoms with E-state index >= 15 is 0 Å². The van der Waals surface area contributed by atoms with Gasteiger partial charge in [0.15, 0.2) is 5.11 Å². The number of anilines is 2. The van der Waals surface area contributed by atoms with E-state index < -0.39 is 0 Å². The zero-order valence-corrected chi connectivity index (χ0v) is 22.7. The van der Waals surface area contributed by atoms with Crippen LogP contribution in [0.4, 0.5) is 11.4 Å². The Morgan fingerprint density at radius 1 is 0.800 bits per heavy atom. The molecule has 0 aliphatic carbocycles. The Balaban J connectivity index is 1.48. The summed E-state index contributed by atoms with van der Waals surface area (Å²) < 4.78 is 3.90. The van der Waals surface area contributed by atoms with Gasteiger partial charge < -0.3 is 10.6 Å². The van der Waals surface area contributed by atoms with Crippen LogP contribution in [0.5, 0.6) is 0 Å². The van der Waals surface area contributed by atoms with Crippen molar-refractivity contribution >= 4 is 51.9 Å². The van der Waals surface area contributed by atoms with Crippen molar-refractivity contribution in [2.24, 2.45) is 0 Å². The van der Waals surface area contributed by atoms with E-state index in [1.54, 1.807) is 6.07 Å². The van der Waals surface area contributed by atoms with Crippen LogP contribution >= 0.6 is 35.4 Å². The summed E-state index contributed by atoms with van der Waals surface area (Å²) >= 11 is 18.0. The molecule has 9 heteroatoms. The highest BCUT2D eigenvalue weighted by Crippen LogP contribution is 2.26. The van der Waals surface area contributed by atoms with Crippen molar-refractivity contribution in [3.8, 4) is 0 Å². The monoisotopic (exact) mass is 526 g/mol. The van der Waals surface area contributed by atoms with Crippen LogP contribution < -0.4 is 10.6 Å². The molecule has 0 fully saturated rings. The summed E-state index contributed by atoms with van der Waals surface area (Å²) in [7, 11) is 0. The maximum Gasteiger partial charge on any atom is 0.175 e. The lowest BCUT2D eigenvalue weighted by Gasteiger charge is -2.12. The molecule has 0 radical (unpaired) electrons. The van der Waals surface area contributed by atoms with E-state index in [4.69, 9.17) is 40.5 Å². The SMILES string of the molecule is Cc1ccc(Cn2nc(C)c(NC(=S)Nc3c(C)nn(Cc4ccc(Cl)cc4Cl)c3C)c2C)cc1. The average Bonchev–Trinajstić information content (AvgIpc) is 3.21. The molecule has 0 saturated heterocycles. The molecule has 4 rings (SSSR count). The van der Waals surface area contributed by atoms with Gasteiger partial charge >= 0.3 is 0 Å². The highest BCUT2D eigenvalue weighted by atomic mass is 35.5. The lowest BCUT2D eigenvalue weighted by molar-refractivity contribution is 0.659. The van der Waals surface area contributed by atoms with E-state index in [0.29, 0.717) is 28.2 Å². The lowest BCUT2D eigenvalue weighted by Crippen LogP contribution is -2.21. The maximum absolute atomic E-state index is 6.36. The number of benzene rings is 2. The van der Waals surface area contributed by atoms with Crippen LogP contribution in [-0.2, 0) is 13.1 Å². The second-order valence-corrected chi connectivity index (χ2v) is 9.96. The summed E-state index contributed by atoms with van der Waals surface area (Å²) in [5.41, 5.74) is 8.88. The molecule has 2 aromatic heterocycles. The molecule has 0 amide bonds. The van der Waals surface area contributed by atoms with E-state index in [1.807, 2.05) is 49.2 Å². The molecular formula is C26H28Cl2N6S. The van der Waals surface area contributed by atoms with Crippen molar-refractivity contribution in [1.29, 1.82) is 0 Å². The molecule has 0 unspecified atom stereocenters. The van der Waals surface area contributed by atoms with E-state index in [1.165, 1.54) is 11.1 Å². The Morgan fingerprint density at radius 2 is 1.34 bits per heavy atom. The van der Waals surface area contributed by atoms with Crippen molar-refractivity contribution in [2.45, 2.75) is 47.7 Å². The number of nitrogens with zero attached hydrogens (tertiary/aromatic N) is 4. The largest absolute Gasteiger partial charge is 0.329 e. The van der Waals surface area contributed by atoms with Crippen LogP contribution in [0.25, 0.3) is 0 Å². The first-order valence-corrected chi connectivity index (χ1v) is 12.4. The number of hydrogen-bond acceptors (Lipinski definition) is 3. The minimum Gasteiger partial charge on any atom is -0.329 e. The summed E-state index contributed by atoms with van der Waals surface area (Å²) in [5.74, 6) is 0. The molecular weight excluding hydrogens is 499 g/mol. The van der Waals surface area contributed by atoms with E-state index in [9.17, 15) is 0 Å². The summed E-state index contributed by atoms with van der Waals surface area (Å²) in [6, 6.07) is 14.0. The Hall–Kier alpha value is -2.87. The zero-order valence-electron chi connectivity index (χ0n) is 20.4. The van der Waals surface area contributed by atoms with Crippen LogP contribution in [0, 0.1) is 34.6 Å². The first kappa shape index (κ1) is 25.2. The van der Waals surface area contributed by atoms with Crippen LogP contribution in [-0.4, -0.2) is 24.7 Å². The molecule has 2 heterocycles. The molecule has 182 valence electrons. The topological polar surface area (TPSA) is 59.7 Å². The molecule has 6 nitrogen and oxygen atoms in total. The molecule has 0 aliphatic heterocycles. The van der Waals surface area contributed by atoms with Gasteiger partial charge in [-0.15, -0.1) is 0 Å². The molecule has 0 saturated carbocycles. The van der Waals surface area contributed by atoms with Gasteiger partial charge in [0.1, 0.15) is 0 Å². The number of aromatic nitrogens is 4. The molecule has 4 aromatic rings. The highest BCUT2D eigenvalue weighted by Gasteiger charge is 2.17. The summed E-state index contributed by atoms with van der Waals surface area (Å²) in [4.78, 5) is 0. The Morgan fingerprint density at radius 3 is 1.89 bits per heavy atom. The maximum atomic E-state index is 6.36. The van der Waals surface area contributed by atoms with Crippen LogP contribution in [0.3, 0.4) is 0 Å². The second-order valence-electron chi connectivity index (χ2n) is 8.71. The van der Waals surface area contributed by atoms with E-state index in [-0.39, 0.29) is 0 Å². The minimum absolute atomic E-state index is 0.487. The van der Waals surface area contributed by atoms with Crippen molar-refractivity contribution in [1.82, 2.24) is 19.6 Å². The van der Waals surface area contributed by atoms with Gasteiger partial charge in [0.05, 0.1) is 47.2 Å². The third-order valence-corrected chi connectivity index (χ3v) is 6.82. The molecule has 35 heavy (non-hydrogen) atoms. The number of halogens is 2. The Labute approximate surface area is 221 Å². The van der Waals surface area contributed by atoms with Crippen molar-refractivity contribution in [3.63, 3.8) is 0 Å². The molecule has 0 aliphatic rings. The van der Waals surface area contributed by atoms with E-state index in [2.05, 4.69) is 46.9 Å². The van der Waals surface area contributed by atoms with Crippen LogP contribution in [0.15, 0.2) is 42.5 Å². The van der Waals surface area contributed by atoms with Gasteiger partial charge in [0, 0.05) is 10.0 Å². The van der Waals surface area contributed by atoms with Crippen molar-refractivity contribution in [3.05, 3.63) is 92.0 Å². The fraction of sp³-hybridized carbons (Fsp3) is 0.269. The average molecular weight is 528 g/mol. The van der Waals surface area contributed by atoms with Gasteiger partial charge in [0.25, 0.3) is 0 Å². The summed E-state index contributed by atoms with van der Waals surface area (Å²) in [6.07, 6.45) is 0. The van der Waals surface area contributed by atoms with Gasteiger partial charge in [-0.2, -0.15) is 10.2 Å². The normalized spacial score (nSPS) is 11.1. The quantitative estimate of drug-likeness (QED) is 0.269. The predicted molar refractivity (Wildman–Crippen MR) is 149 cm³/mol. The van der Waals surface area contributed by atoms with Crippen LogP contribution in [0.2, 0.25) is 10.0 Å². The van der Waals surface area contributed by atoms with Gasteiger partial charge in [0.2, 0.25) is 0 Å². The number of hydrogen-bond donors (Lipinski definition) is 2. The van der Waals surface area contributed by atoms with Crippen LogP contribution in [0.1, 0.15) is 39.5 Å². The molecule has 0 atom stereocenters. The first-order chi connectivity index (χ1) is 16.6. The van der Waals surface area contributed by atoms with Crippen molar-refractivity contribution < 1.29 is 0 Å². The number of thiocarbonyl (C=S) groups is 1. The minimum atomic E-state index is 0.487. The van der Waals surface area contributed by atoms with Gasteiger partial charge in [-0.25, -0.2) is 0 Å². The first-order valence-electron chi connectivity index (χ1n) is 11.3. The number of nitrogens with one attached hydrogen (secondary N) is 2. The number of rotatable bonds is 6. The predicted octanol–water partition coefficient (Wildman–Crippen LogP) is 6.83. The third kappa shape index (κ3) is 5.69. The molecule has 2 aromatic carbocycles. The van der Waals surface area contributed by atoms with Gasteiger partial charge in [-0.3, -0.25) is 9.36 Å². The molecule has 0 bridgehead atoms. The second kappa shape index (κ2) is 10.4. The number of aryl methyl sites for hydroxylation is 3. The fourth-order valence-electron chi connectivity index (χ4n) is 4.00. The summed E-state index contributed by atoms with van der Waals surface area (Å²) in [6.45, 7) is 11.3. The van der Waals surface area contributed by atoms with Gasteiger partial charge in [-0.05, 0) is 70.1 Å².